The van der Waals surface area contributed by atoms with Crippen molar-refractivity contribution in [1.29, 1.82) is 0 Å². The van der Waals surface area contributed by atoms with Crippen LogP contribution in [0.3, 0.4) is 0 Å². The summed E-state index contributed by atoms with van der Waals surface area (Å²) in [4.78, 5) is 4.56. The Morgan fingerprint density at radius 1 is 1.17 bits per heavy atom. The number of piperidine rings is 1. The van der Waals surface area contributed by atoms with Crippen LogP contribution in [0, 0.1) is 5.92 Å². The van der Waals surface area contributed by atoms with Gasteiger partial charge in [0.1, 0.15) is 0 Å². The van der Waals surface area contributed by atoms with Gasteiger partial charge in [-0.05, 0) is 0 Å². The first-order valence-electron chi connectivity index (χ1n) is 8.49. The van der Waals surface area contributed by atoms with Gasteiger partial charge >= 0.3 is 149 Å². The average molecular weight is 388 g/mol. The van der Waals surface area contributed by atoms with E-state index in [2.05, 4.69) is 41.2 Å². The summed E-state index contributed by atoms with van der Waals surface area (Å²) in [6.45, 7) is 2.08. The molecule has 0 radical (unpaired) electrons. The molecule has 1 aliphatic carbocycles. The molecule has 2 heterocycles. The third kappa shape index (κ3) is 2.41. The number of benzene rings is 1. The van der Waals surface area contributed by atoms with E-state index in [4.69, 9.17) is 4.74 Å². The maximum atomic E-state index is 12.1. The third-order valence-corrected chi connectivity index (χ3v) is 7.44. The van der Waals surface area contributed by atoms with E-state index in [-0.39, 0.29) is 20.4 Å². The van der Waals surface area contributed by atoms with Crippen molar-refractivity contribution in [3.05, 3.63) is 56.4 Å². The minimum absolute atomic E-state index is 0.221. The van der Waals surface area contributed by atoms with Crippen molar-refractivity contribution in [2.45, 2.75) is 18.4 Å². The number of aliphatic hydroxyl groups is 1. The van der Waals surface area contributed by atoms with Crippen LogP contribution in [-0.4, -0.2) is 51.8 Å². The van der Waals surface area contributed by atoms with E-state index in [0.717, 1.165) is 48.4 Å². The SMILES string of the molecule is COC1=Cc2ccccc2C(O)(C2CCN(C)CC2)c2cc[se]c21. The standard InChI is InChI=1S/C20H23NO2Se/c1-21-10-7-15(8-11-21)20(22)16-6-4-3-5-14(16)13-18(23-2)19-17(20)9-12-24-19/h3-6,9,12-13,15,22H,7-8,10-11H2,1-2H3. The number of ether oxygens (including phenoxy) is 1. The Bertz CT molecular complexity index is 773. The Kier molecular flexibility index (Phi) is 4.17. The van der Waals surface area contributed by atoms with Gasteiger partial charge in [0, 0.05) is 0 Å². The second kappa shape index (κ2) is 6.20. The van der Waals surface area contributed by atoms with E-state index in [9.17, 15) is 5.11 Å². The average Bonchev–Trinajstić information content (AvgIpc) is 3.06. The molecule has 3 nitrogen and oxygen atoms in total. The van der Waals surface area contributed by atoms with Crippen molar-refractivity contribution in [3.63, 3.8) is 0 Å². The number of likely N-dealkylation sites (tertiary alicyclic amines) is 1. The molecule has 1 unspecified atom stereocenters. The zero-order valence-electron chi connectivity index (χ0n) is 14.2. The summed E-state index contributed by atoms with van der Waals surface area (Å²) in [5, 5.41) is 12.1. The van der Waals surface area contributed by atoms with Crippen LogP contribution in [0.5, 0.6) is 0 Å². The molecule has 0 saturated carbocycles. The predicted molar refractivity (Wildman–Crippen MR) is 97.9 cm³/mol. The van der Waals surface area contributed by atoms with E-state index in [1.54, 1.807) is 7.11 Å². The molecule has 2 aromatic rings. The van der Waals surface area contributed by atoms with Crippen LogP contribution in [0.25, 0.3) is 11.8 Å². The molecule has 1 N–H and O–H groups in total. The second-order valence-electron chi connectivity index (χ2n) is 6.81. The quantitative estimate of drug-likeness (QED) is 0.804. The molecular weight excluding hydrogens is 365 g/mol. The van der Waals surface area contributed by atoms with Gasteiger partial charge in [0.05, 0.1) is 0 Å². The topological polar surface area (TPSA) is 32.7 Å². The molecule has 1 aromatic carbocycles. The minimum atomic E-state index is -0.918. The molecule has 1 fully saturated rings. The summed E-state index contributed by atoms with van der Waals surface area (Å²) < 4.78 is 6.90. The molecule has 1 aromatic heterocycles. The van der Waals surface area contributed by atoms with Crippen LogP contribution in [-0.2, 0) is 10.3 Å². The van der Waals surface area contributed by atoms with E-state index >= 15 is 0 Å². The fraction of sp³-hybridized carbons (Fsp3) is 0.400. The van der Waals surface area contributed by atoms with E-state index in [1.807, 2.05) is 12.1 Å². The molecule has 4 heteroatoms. The molecular formula is C20H23NO2Se. The Morgan fingerprint density at radius 2 is 1.92 bits per heavy atom. The van der Waals surface area contributed by atoms with E-state index in [0.29, 0.717) is 0 Å². The fourth-order valence-electron chi connectivity index (χ4n) is 4.14. The normalized spacial score (nSPS) is 24.7. The predicted octanol–water partition coefficient (Wildman–Crippen LogP) is 2.78. The summed E-state index contributed by atoms with van der Waals surface area (Å²) >= 11 is 0.221. The van der Waals surface area contributed by atoms with Gasteiger partial charge in [-0.3, -0.25) is 0 Å². The Labute approximate surface area is 149 Å². The van der Waals surface area contributed by atoms with Gasteiger partial charge in [0.25, 0.3) is 0 Å². The van der Waals surface area contributed by atoms with Crippen LogP contribution < -0.4 is 0 Å². The van der Waals surface area contributed by atoms with Crippen LogP contribution in [0.2, 0.25) is 0 Å². The Balaban J connectivity index is 1.92. The number of methoxy groups -OCH3 is 1. The first kappa shape index (κ1) is 16.2. The Morgan fingerprint density at radius 3 is 2.67 bits per heavy atom. The van der Waals surface area contributed by atoms with Crippen LogP contribution in [0.1, 0.15) is 34.0 Å². The van der Waals surface area contributed by atoms with Gasteiger partial charge in [-0.2, -0.15) is 0 Å². The van der Waals surface area contributed by atoms with Crippen molar-refractivity contribution >= 4 is 26.3 Å². The first-order chi connectivity index (χ1) is 11.6. The van der Waals surface area contributed by atoms with Gasteiger partial charge in [-0.25, -0.2) is 0 Å². The van der Waals surface area contributed by atoms with Gasteiger partial charge in [-0.1, -0.05) is 0 Å². The number of rotatable bonds is 2. The second-order valence-corrected chi connectivity index (χ2v) is 8.73. The van der Waals surface area contributed by atoms with Crippen LogP contribution in [0.15, 0.2) is 35.3 Å². The number of hydrogen-bond donors (Lipinski definition) is 1. The molecule has 24 heavy (non-hydrogen) atoms. The molecule has 0 bridgehead atoms. The molecule has 1 saturated heterocycles. The van der Waals surface area contributed by atoms with Gasteiger partial charge in [0.2, 0.25) is 0 Å². The maximum absolute atomic E-state index is 12.1. The van der Waals surface area contributed by atoms with E-state index in [1.165, 1.54) is 4.44 Å². The van der Waals surface area contributed by atoms with Gasteiger partial charge < -0.3 is 0 Å². The van der Waals surface area contributed by atoms with Crippen molar-refractivity contribution in [3.8, 4) is 0 Å². The van der Waals surface area contributed by atoms with Crippen molar-refractivity contribution in [2.75, 3.05) is 27.2 Å². The molecule has 126 valence electrons. The molecule has 1 aliphatic heterocycles. The first-order valence-corrected chi connectivity index (χ1v) is 10.3. The van der Waals surface area contributed by atoms with Crippen molar-refractivity contribution in [2.24, 2.45) is 5.92 Å². The van der Waals surface area contributed by atoms with Crippen LogP contribution >= 0.6 is 0 Å². The van der Waals surface area contributed by atoms with Crippen LogP contribution in [0.4, 0.5) is 0 Å². The van der Waals surface area contributed by atoms with Gasteiger partial charge in [0.15, 0.2) is 0 Å². The summed E-state index contributed by atoms with van der Waals surface area (Å²) in [5.41, 5.74) is 2.25. The molecule has 4 rings (SSSR count). The summed E-state index contributed by atoms with van der Waals surface area (Å²) in [7, 11) is 3.89. The van der Waals surface area contributed by atoms with Crippen molar-refractivity contribution in [1.82, 2.24) is 4.90 Å². The Hall–Kier alpha value is -1.32. The molecule has 1 atom stereocenters. The third-order valence-electron chi connectivity index (χ3n) is 5.49. The summed E-state index contributed by atoms with van der Waals surface area (Å²) in [5.74, 6) is 1.15. The monoisotopic (exact) mass is 389 g/mol. The van der Waals surface area contributed by atoms with E-state index < -0.39 is 5.60 Å². The zero-order valence-corrected chi connectivity index (χ0v) is 15.9. The summed E-state index contributed by atoms with van der Waals surface area (Å²) in [6, 6.07) is 10.4. The number of nitrogens with zero attached hydrogens (tertiary/aromatic N) is 1. The van der Waals surface area contributed by atoms with Crippen molar-refractivity contribution < 1.29 is 9.84 Å². The summed E-state index contributed by atoms with van der Waals surface area (Å²) in [6.07, 6.45) is 4.13. The zero-order chi connectivity index (χ0) is 16.7. The van der Waals surface area contributed by atoms with Gasteiger partial charge in [-0.15, -0.1) is 0 Å². The molecule has 2 aliphatic rings. The number of fused-ring (bicyclic) bond motifs is 2. The molecule has 0 spiro atoms. The molecule has 0 amide bonds. The number of hydrogen-bond acceptors (Lipinski definition) is 3. The fourth-order valence-corrected chi connectivity index (χ4v) is 6.13.